The molecule has 1 N–H and O–H groups in total. The molecule has 0 radical (unpaired) electrons. The normalized spacial score (nSPS) is 14.6. The Kier molecular flexibility index (Phi) is 5.77. The Morgan fingerprint density at radius 1 is 1.00 bits per heavy atom. The molecule has 1 heterocycles. The molecular weight excluding hydrogens is 412 g/mol. The third-order valence-corrected chi connectivity index (χ3v) is 4.96. The maximum atomic E-state index is 12.8. The summed E-state index contributed by atoms with van der Waals surface area (Å²) in [6.07, 6.45) is 1.74. The van der Waals surface area contributed by atoms with E-state index in [4.69, 9.17) is 17.0 Å². The van der Waals surface area contributed by atoms with Gasteiger partial charge in [-0.05, 0) is 59.2 Å². The highest BCUT2D eigenvalue weighted by Crippen LogP contribution is 2.23. The van der Waals surface area contributed by atoms with Crippen molar-refractivity contribution in [3.63, 3.8) is 0 Å². The molecule has 31 heavy (non-hydrogen) atoms. The van der Waals surface area contributed by atoms with Crippen LogP contribution in [0.1, 0.15) is 21.5 Å². The number of carbonyl (C=O) groups excluding carboxylic acids is 2. The number of nitrogens with one attached hydrogen (secondary N) is 1. The number of hydrogen-bond donors (Lipinski definition) is 1. The van der Waals surface area contributed by atoms with E-state index in [2.05, 4.69) is 5.32 Å². The van der Waals surface area contributed by atoms with Gasteiger partial charge in [-0.25, -0.2) is 0 Å². The highest BCUT2D eigenvalue weighted by Gasteiger charge is 2.31. The maximum absolute atomic E-state index is 12.8. The zero-order chi connectivity index (χ0) is 21.8. The topological polar surface area (TPSA) is 81.7 Å². The van der Waals surface area contributed by atoms with Gasteiger partial charge in [-0.3, -0.25) is 9.69 Å². The molecule has 0 spiro atoms. The van der Waals surface area contributed by atoms with Crippen LogP contribution in [0.15, 0.2) is 84.6 Å². The highest BCUT2D eigenvalue weighted by molar-refractivity contribution is 7.80. The SMILES string of the molecule is O=C([O-])c1ccc(COc2ccc(/C=C3\NC(=S)N(c4ccccc4)C3=O)cc2)cc1. The van der Waals surface area contributed by atoms with Crippen LogP contribution in [0, 0.1) is 0 Å². The van der Waals surface area contributed by atoms with Crippen LogP contribution < -0.4 is 20.1 Å². The molecule has 1 saturated heterocycles. The Bertz CT molecular complexity index is 1160. The minimum absolute atomic E-state index is 0.126. The van der Waals surface area contributed by atoms with Crippen molar-refractivity contribution in [1.29, 1.82) is 0 Å². The lowest BCUT2D eigenvalue weighted by Crippen LogP contribution is -2.30. The van der Waals surface area contributed by atoms with Gasteiger partial charge in [-0.2, -0.15) is 0 Å². The molecule has 7 heteroatoms. The van der Waals surface area contributed by atoms with Crippen molar-refractivity contribution in [3.05, 3.63) is 101 Å². The van der Waals surface area contributed by atoms with Gasteiger partial charge < -0.3 is 20.0 Å². The lowest BCUT2D eigenvalue weighted by atomic mass is 10.1. The number of nitrogens with zero attached hydrogens (tertiary/aromatic N) is 1. The standard InChI is InChI=1S/C24H18N2O4S/c27-22-21(25-24(31)26(22)19-4-2-1-3-5-19)14-16-8-12-20(13-9-16)30-15-17-6-10-18(11-7-17)23(28)29/h1-14H,15H2,(H,25,31)(H,28,29)/p-1/b21-14-. The molecule has 4 rings (SSSR count). The lowest BCUT2D eigenvalue weighted by molar-refractivity contribution is -0.255. The third kappa shape index (κ3) is 4.62. The fourth-order valence-electron chi connectivity index (χ4n) is 3.08. The first kappa shape index (κ1) is 20.3. The summed E-state index contributed by atoms with van der Waals surface area (Å²) in [7, 11) is 0. The molecule has 1 amide bonds. The number of para-hydroxylation sites is 1. The van der Waals surface area contributed by atoms with E-state index >= 15 is 0 Å². The largest absolute Gasteiger partial charge is 0.545 e. The second kappa shape index (κ2) is 8.81. The van der Waals surface area contributed by atoms with Gasteiger partial charge in [0, 0.05) is 0 Å². The van der Waals surface area contributed by atoms with Crippen molar-refractivity contribution >= 4 is 41.0 Å². The van der Waals surface area contributed by atoms with E-state index in [1.54, 1.807) is 30.3 Å². The maximum Gasteiger partial charge on any atom is 0.281 e. The van der Waals surface area contributed by atoms with Crippen LogP contribution >= 0.6 is 12.2 Å². The van der Waals surface area contributed by atoms with Crippen LogP contribution in [-0.2, 0) is 11.4 Å². The first-order valence-corrected chi connectivity index (χ1v) is 9.87. The van der Waals surface area contributed by atoms with Gasteiger partial charge in [-0.1, -0.05) is 54.6 Å². The second-order valence-electron chi connectivity index (χ2n) is 6.81. The van der Waals surface area contributed by atoms with E-state index in [1.165, 1.54) is 17.0 Å². The number of anilines is 1. The van der Waals surface area contributed by atoms with Gasteiger partial charge in [0.2, 0.25) is 0 Å². The summed E-state index contributed by atoms with van der Waals surface area (Å²) in [6, 6.07) is 22.8. The van der Waals surface area contributed by atoms with Crippen molar-refractivity contribution in [3.8, 4) is 5.75 Å². The smallest absolute Gasteiger partial charge is 0.281 e. The number of carboxylic acids is 1. The van der Waals surface area contributed by atoms with E-state index in [9.17, 15) is 14.7 Å². The van der Waals surface area contributed by atoms with Gasteiger partial charge in [0.15, 0.2) is 5.11 Å². The number of benzene rings is 3. The van der Waals surface area contributed by atoms with Crippen LogP contribution in [0.25, 0.3) is 6.08 Å². The summed E-state index contributed by atoms with van der Waals surface area (Å²) >= 11 is 5.31. The number of ether oxygens (including phenoxy) is 1. The lowest BCUT2D eigenvalue weighted by Gasteiger charge is -2.13. The molecule has 0 aromatic heterocycles. The van der Waals surface area contributed by atoms with E-state index in [0.29, 0.717) is 28.9 Å². The van der Waals surface area contributed by atoms with Crippen molar-refractivity contribution in [2.45, 2.75) is 6.61 Å². The summed E-state index contributed by atoms with van der Waals surface area (Å²) in [5.41, 5.74) is 2.90. The fraction of sp³-hybridized carbons (Fsp3) is 0.0417. The summed E-state index contributed by atoms with van der Waals surface area (Å²) in [5.74, 6) is -0.769. The molecule has 0 atom stereocenters. The second-order valence-corrected chi connectivity index (χ2v) is 7.19. The molecular formula is C24H17N2O4S-. The van der Waals surface area contributed by atoms with Crippen LogP contribution in [-0.4, -0.2) is 17.0 Å². The zero-order valence-corrected chi connectivity index (χ0v) is 17.1. The predicted molar refractivity (Wildman–Crippen MR) is 119 cm³/mol. The molecule has 3 aromatic carbocycles. The summed E-state index contributed by atoms with van der Waals surface area (Å²) in [4.78, 5) is 25.0. The number of aromatic carboxylic acids is 1. The van der Waals surface area contributed by atoms with E-state index in [0.717, 1.165) is 11.1 Å². The number of hydrogen-bond acceptors (Lipinski definition) is 5. The van der Waals surface area contributed by atoms with Gasteiger partial charge in [-0.15, -0.1) is 0 Å². The minimum atomic E-state index is -1.21. The van der Waals surface area contributed by atoms with Crippen LogP contribution in [0.4, 0.5) is 5.69 Å². The van der Waals surface area contributed by atoms with Crippen LogP contribution in [0.3, 0.4) is 0 Å². The third-order valence-electron chi connectivity index (χ3n) is 4.68. The van der Waals surface area contributed by atoms with E-state index in [1.807, 2.05) is 42.5 Å². The van der Waals surface area contributed by atoms with E-state index in [-0.39, 0.29) is 11.5 Å². The molecule has 154 valence electrons. The number of rotatable bonds is 6. The Hall–Kier alpha value is -3.97. The van der Waals surface area contributed by atoms with E-state index < -0.39 is 5.97 Å². The first-order valence-electron chi connectivity index (χ1n) is 9.46. The zero-order valence-electron chi connectivity index (χ0n) is 16.3. The molecule has 0 aliphatic carbocycles. The predicted octanol–water partition coefficient (Wildman–Crippen LogP) is 2.89. The fourth-order valence-corrected chi connectivity index (χ4v) is 3.38. The van der Waals surface area contributed by atoms with Crippen LogP contribution in [0.5, 0.6) is 5.75 Å². The number of amides is 1. The van der Waals surface area contributed by atoms with Crippen molar-refractivity contribution < 1.29 is 19.4 Å². The molecule has 0 saturated carbocycles. The average Bonchev–Trinajstić information content (AvgIpc) is 3.07. The number of thiocarbonyl (C=S) groups is 1. The highest BCUT2D eigenvalue weighted by atomic mass is 32.1. The van der Waals surface area contributed by atoms with Crippen LogP contribution in [0.2, 0.25) is 0 Å². The van der Waals surface area contributed by atoms with Gasteiger partial charge in [0.05, 0.1) is 11.7 Å². The molecule has 0 unspecified atom stereocenters. The molecule has 0 bridgehead atoms. The molecule has 6 nitrogen and oxygen atoms in total. The van der Waals surface area contributed by atoms with Gasteiger partial charge >= 0.3 is 0 Å². The average molecular weight is 429 g/mol. The van der Waals surface area contributed by atoms with Crippen molar-refractivity contribution in [2.75, 3.05) is 4.90 Å². The summed E-state index contributed by atoms with van der Waals surface area (Å²) in [6.45, 7) is 0.300. The summed E-state index contributed by atoms with van der Waals surface area (Å²) in [5, 5.41) is 14.1. The van der Waals surface area contributed by atoms with Crippen molar-refractivity contribution in [1.82, 2.24) is 5.32 Å². The molecule has 3 aromatic rings. The Balaban J connectivity index is 1.41. The van der Waals surface area contributed by atoms with Crippen molar-refractivity contribution in [2.24, 2.45) is 0 Å². The van der Waals surface area contributed by atoms with Gasteiger partial charge in [0.1, 0.15) is 18.1 Å². The number of carboxylic acid groups (broad SMARTS) is 1. The monoisotopic (exact) mass is 429 g/mol. The quantitative estimate of drug-likeness (QED) is 0.479. The summed E-state index contributed by atoms with van der Waals surface area (Å²) < 4.78 is 5.74. The molecule has 1 aliphatic heterocycles. The minimum Gasteiger partial charge on any atom is -0.545 e. The molecule has 1 aliphatic rings. The Morgan fingerprint density at radius 2 is 1.68 bits per heavy atom. The Morgan fingerprint density at radius 3 is 2.32 bits per heavy atom. The number of carbonyl (C=O) groups is 2. The first-order chi connectivity index (χ1) is 15.0. The Labute approximate surface area is 184 Å². The molecule has 1 fully saturated rings. The van der Waals surface area contributed by atoms with Gasteiger partial charge in [0.25, 0.3) is 5.91 Å².